The molecule has 3 aliphatic rings. The third-order valence-electron chi connectivity index (χ3n) is 4.21. The van der Waals surface area contributed by atoms with Gasteiger partial charge in [-0.25, -0.2) is 0 Å². The predicted octanol–water partition coefficient (Wildman–Crippen LogP) is 1.20. The van der Waals surface area contributed by atoms with E-state index < -0.39 is 5.60 Å². The second-order valence-corrected chi connectivity index (χ2v) is 5.92. The van der Waals surface area contributed by atoms with Crippen LogP contribution in [0.4, 0.5) is 0 Å². The molecule has 2 saturated carbocycles. The molecule has 2 bridgehead atoms. The summed E-state index contributed by atoms with van der Waals surface area (Å²) in [5.74, 6) is 8.55. The quantitative estimate of drug-likeness (QED) is 0.591. The van der Waals surface area contributed by atoms with Crippen molar-refractivity contribution >= 4 is 0 Å². The Morgan fingerprint density at radius 2 is 2.18 bits per heavy atom. The largest absolute Gasteiger partial charge is 0.394 e. The zero-order chi connectivity index (χ0) is 12.0. The molecule has 0 amide bonds. The summed E-state index contributed by atoms with van der Waals surface area (Å²) in [5.41, 5.74) is -0.450. The average molecular weight is 236 g/mol. The van der Waals surface area contributed by atoms with Gasteiger partial charge < -0.3 is 14.6 Å². The van der Waals surface area contributed by atoms with E-state index in [0.717, 1.165) is 5.92 Å². The van der Waals surface area contributed by atoms with Gasteiger partial charge in [-0.15, -0.1) is 0 Å². The third-order valence-corrected chi connectivity index (χ3v) is 4.21. The van der Waals surface area contributed by atoms with Crippen LogP contribution in [0, 0.1) is 29.6 Å². The van der Waals surface area contributed by atoms with Gasteiger partial charge in [0.2, 0.25) is 0 Å². The van der Waals surface area contributed by atoms with Crippen LogP contribution in [0.2, 0.25) is 0 Å². The van der Waals surface area contributed by atoms with E-state index >= 15 is 0 Å². The first-order valence-electron chi connectivity index (χ1n) is 6.54. The lowest BCUT2D eigenvalue weighted by Crippen LogP contribution is -2.25. The molecule has 0 aromatic rings. The van der Waals surface area contributed by atoms with Crippen molar-refractivity contribution in [3.63, 3.8) is 0 Å². The molecule has 1 saturated heterocycles. The normalized spacial score (nSPS) is 41.9. The molecular formula is C14H20O3. The van der Waals surface area contributed by atoms with E-state index in [0.29, 0.717) is 30.7 Å². The molecule has 3 rings (SSSR count). The van der Waals surface area contributed by atoms with Gasteiger partial charge >= 0.3 is 0 Å². The maximum Gasteiger partial charge on any atom is 0.123 e. The molecular weight excluding hydrogens is 216 g/mol. The number of ether oxygens (including phenoxy) is 2. The molecule has 3 fully saturated rings. The maximum absolute atomic E-state index is 8.75. The Morgan fingerprint density at radius 3 is 2.82 bits per heavy atom. The van der Waals surface area contributed by atoms with E-state index in [4.69, 9.17) is 14.6 Å². The standard InChI is InChI=1S/C14H20O3/c1-14(2,16-6-5-15)4-3-9-7-10-8-11(9)13-12(10)17-13/h9-13,15H,5-8H2,1-2H3. The summed E-state index contributed by atoms with van der Waals surface area (Å²) in [6.07, 6.45) is 3.62. The van der Waals surface area contributed by atoms with Gasteiger partial charge in [-0.2, -0.15) is 0 Å². The van der Waals surface area contributed by atoms with Crippen LogP contribution in [0.5, 0.6) is 0 Å². The first kappa shape index (κ1) is 11.5. The maximum atomic E-state index is 8.75. The highest BCUT2D eigenvalue weighted by Crippen LogP contribution is 2.58. The molecule has 1 aliphatic heterocycles. The molecule has 0 aromatic carbocycles. The van der Waals surface area contributed by atoms with Crippen molar-refractivity contribution in [2.24, 2.45) is 17.8 Å². The average Bonchev–Trinajstić information content (AvgIpc) is 2.91. The summed E-state index contributed by atoms with van der Waals surface area (Å²) in [7, 11) is 0. The smallest absolute Gasteiger partial charge is 0.123 e. The highest BCUT2D eigenvalue weighted by molar-refractivity contribution is 5.22. The van der Waals surface area contributed by atoms with Gasteiger partial charge in [0.1, 0.15) is 5.60 Å². The summed E-state index contributed by atoms with van der Waals surface area (Å²) in [6.45, 7) is 4.32. The monoisotopic (exact) mass is 236 g/mol. The molecule has 5 atom stereocenters. The lowest BCUT2D eigenvalue weighted by Gasteiger charge is -2.19. The molecule has 2 aliphatic carbocycles. The van der Waals surface area contributed by atoms with Crippen LogP contribution >= 0.6 is 0 Å². The van der Waals surface area contributed by atoms with Gasteiger partial charge in [-0.3, -0.25) is 0 Å². The second kappa shape index (κ2) is 3.98. The van der Waals surface area contributed by atoms with Crippen molar-refractivity contribution in [1.82, 2.24) is 0 Å². The summed E-state index contributed by atoms with van der Waals surface area (Å²) in [6, 6.07) is 0. The molecule has 5 unspecified atom stereocenters. The topological polar surface area (TPSA) is 42.0 Å². The molecule has 3 nitrogen and oxygen atoms in total. The number of hydrogen-bond acceptors (Lipinski definition) is 3. The Bertz CT molecular complexity index is 365. The first-order chi connectivity index (χ1) is 8.11. The number of epoxide rings is 1. The number of aliphatic hydroxyl groups excluding tert-OH is 1. The molecule has 17 heavy (non-hydrogen) atoms. The number of hydrogen-bond donors (Lipinski definition) is 1. The summed E-state index contributed by atoms with van der Waals surface area (Å²) < 4.78 is 11.1. The number of rotatable bonds is 3. The Kier molecular flexibility index (Phi) is 2.70. The van der Waals surface area contributed by atoms with Gasteiger partial charge in [0, 0.05) is 11.8 Å². The van der Waals surface area contributed by atoms with Gasteiger partial charge in [0.15, 0.2) is 0 Å². The molecule has 1 heterocycles. The summed E-state index contributed by atoms with van der Waals surface area (Å²) >= 11 is 0. The number of fused-ring (bicyclic) bond motifs is 5. The van der Waals surface area contributed by atoms with Crippen molar-refractivity contribution in [1.29, 1.82) is 0 Å². The minimum absolute atomic E-state index is 0.0524. The van der Waals surface area contributed by atoms with Crippen molar-refractivity contribution in [3.05, 3.63) is 0 Å². The van der Waals surface area contributed by atoms with Crippen LogP contribution in [0.15, 0.2) is 0 Å². The minimum atomic E-state index is -0.450. The second-order valence-electron chi connectivity index (χ2n) is 5.92. The SMILES string of the molecule is CC(C)(C#CC1CC2CC1C1OC21)OCCO. The van der Waals surface area contributed by atoms with Crippen LogP contribution < -0.4 is 0 Å². The first-order valence-corrected chi connectivity index (χ1v) is 6.54. The van der Waals surface area contributed by atoms with E-state index in [1.165, 1.54) is 12.8 Å². The highest BCUT2D eigenvalue weighted by atomic mass is 16.6. The fraction of sp³-hybridized carbons (Fsp3) is 0.857. The lowest BCUT2D eigenvalue weighted by molar-refractivity contribution is 0.00588. The molecule has 3 heteroatoms. The lowest BCUT2D eigenvalue weighted by atomic mass is 9.89. The van der Waals surface area contributed by atoms with E-state index in [1.807, 2.05) is 13.8 Å². The van der Waals surface area contributed by atoms with Crippen LogP contribution in [0.3, 0.4) is 0 Å². The van der Waals surface area contributed by atoms with Gasteiger partial charge in [0.05, 0.1) is 25.4 Å². The van der Waals surface area contributed by atoms with E-state index in [1.54, 1.807) is 0 Å². The fourth-order valence-corrected chi connectivity index (χ4v) is 3.37. The van der Waals surface area contributed by atoms with E-state index in [-0.39, 0.29) is 6.61 Å². The van der Waals surface area contributed by atoms with Gasteiger partial charge in [-0.1, -0.05) is 11.8 Å². The number of aliphatic hydroxyl groups is 1. The highest BCUT2D eigenvalue weighted by Gasteiger charge is 2.62. The Hall–Kier alpha value is -0.560. The van der Waals surface area contributed by atoms with Gasteiger partial charge in [0.25, 0.3) is 0 Å². The zero-order valence-corrected chi connectivity index (χ0v) is 10.5. The Balaban J connectivity index is 1.60. The molecule has 0 radical (unpaired) electrons. The molecule has 0 aromatic heterocycles. The zero-order valence-electron chi connectivity index (χ0n) is 10.5. The van der Waals surface area contributed by atoms with Crippen molar-refractivity contribution < 1.29 is 14.6 Å². The summed E-state index contributed by atoms with van der Waals surface area (Å²) in [5, 5.41) is 8.75. The third kappa shape index (κ3) is 2.10. The van der Waals surface area contributed by atoms with Gasteiger partial charge in [-0.05, 0) is 32.6 Å². The molecule has 1 N–H and O–H groups in total. The minimum Gasteiger partial charge on any atom is -0.394 e. The van der Waals surface area contributed by atoms with E-state index in [9.17, 15) is 0 Å². The summed E-state index contributed by atoms with van der Waals surface area (Å²) in [4.78, 5) is 0. The molecule has 94 valence electrons. The van der Waals surface area contributed by atoms with Crippen LogP contribution in [0.25, 0.3) is 0 Å². The fourth-order valence-electron chi connectivity index (χ4n) is 3.37. The van der Waals surface area contributed by atoms with Crippen molar-refractivity contribution in [2.45, 2.75) is 44.5 Å². The van der Waals surface area contributed by atoms with Crippen LogP contribution in [0.1, 0.15) is 26.7 Å². The van der Waals surface area contributed by atoms with Crippen LogP contribution in [-0.2, 0) is 9.47 Å². The van der Waals surface area contributed by atoms with E-state index in [2.05, 4.69) is 11.8 Å². The van der Waals surface area contributed by atoms with Crippen molar-refractivity contribution in [3.8, 4) is 11.8 Å². The van der Waals surface area contributed by atoms with Crippen molar-refractivity contribution in [2.75, 3.05) is 13.2 Å². The molecule has 0 spiro atoms. The Morgan fingerprint density at radius 1 is 1.35 bits per heavy atom. The van der Waals surface area contributed by atoms with Crippen LogP contribution in [-0.4, -0.2) is 36.1 Å². The Labute approximate surface area is 102 Å². The predicted molar refractivity (Wildman–Crippen MR) is 63.3 cm³/mol.